The molecule has 21 heavy (non-hydrogen) atoms. The first-order valence-electron chi connectivity index (χ1n) is 7.26. The largest absolute Gasteiger partial charge is 0.355 e. The summed E-state index contributed by atoms with van der Waals surface area (Å²) in [5.41, 5.74) is 2.31. The number of anilines is 1. The topological polar surface area (TPSA) is 28.2 Å². The van der Waals surface area contributed by atoms with Crippen LogP contribution in [0.25, 0.3) is 0 Å². The molecule has 0 amide bonds. The lowest BCUT2D eigenvalue weighted by atomic mass is 10.1. The van der Waals surface area contributed by atoms with Gasteiger partial charge in [0.25, 0.3) is 0 Å². The summed E-state index contributed by atoms with van der Waals surface area (Å²) in [6, 6.07) is 12.3. The molecule has 2 aromatic rings. The summed E-state index contributed by atoms with van der Waals surface area (Å²) in [7, 11) is 2.05. The second-order valence-corrected chi connectivity index (χ2v) is 5.55. The van der Waals surface area contributed by atoms with E-state index in [0.29, 0.717) is 0 Å². The van der Waals surface area contributed by atoms with Gasteiger partial charge in [-0.2, -0.15) is 0 Å². The van der Waals surface area contributed by atoms with Crippen LogP contribution in [0.15, 0.2) is 42.6 Å². The van der Waals surface area contributed by atoms with Crippen molar-refractivity contribution in [2.24, 2.45) is 0 Å². The molecule has 0 saturated heterocycles. The van der Waals surface area contributed by atoms with Crippen LogP contribution in [0, 0.1) is 0 Å². The molecule has 1 N–H and O–H groups in total. The van der Waals surface area contributed by atoms with E-state index in [9.17, 15) is 0 Å². The quantitative estimate of drug-likeness (QED) is 0.873. The molecule has 0 fully saturated rings. The van der Waals surface area contributed by atoms with Crippen LogP contribution in [0.4, 0.5) is 5.82 Å². The number of nitrogens with one attached hydrogen (secondary N) is 1. The van der Waals surface area contributed by atoms with Crippen molar-refractivity contribution in [1.82, 2.24) is 10.3 Å². The van der Waals surface area contributed by atoms with Gasteiger partial charge in [0.05, 0.1) is 0 Å². The molecule has 1 aromatic heterocycles. The van der Waals surface area contributed by atoms with E-state index in [4.69, 9.17) is 11.6 Å². The maximum Gasteiger partial charge on any atom is 0.133 e. The first kappa shape index (κ1) is 15.8. The predicted octanol–water partition coefficient (Wildman–Crippen LogP) is 4.04. The maximum atomic E-state index is 6.25. The van der Waals surface area contributed by atoms with Crippen LogP contribution >= 0.6 is 11.6 Å². The van der Waals surface area contributed by atoms with Gasteiger partial charge in [-0.3, -0.25) is 0 Å². The van der Waals surface area contributed by atoms with Gasteiger partial charge in [0.2, 0.25) is 0 Å². The fourth-order valence-electron chi connectivity index (χ4n) is 2.44. The fourth-order valence-corrected chi connectivity index (χ4v) is 2.64. The van der Waals surface area contributed by atoms with Crippen LogP contribution in [0.1, 0.15) is 31.0 Å². The van der Waals surface area contributed by atoms with Crippen molar-refractivity contribution in [3.63, 3.8) is 0 Å². The van der Waals surface area contributed by atoms with Gasteiger partial charge < -0.3 is 10.2 Å². The molecule has 0 aliphatic carbocycles. The number of aromatic nitrogens is 1. The Morgan fingerprint density at radius 3 is 2.71 bits per heavy atom. The van der Waals surface area contributed by atoms with Crippen molar-refractivity contribution in [3.8, 4) is 0 Å². The van der Waals surface area contributed by atoms with E-state index < -0.39 is 0 Å². The first-order valence-corrected chi connectivity index (χ1v) is 7.64. The van der Waals surface area contributed by atoms with Crippen molar-refractivity contribution in [2.45, 2.75) is 26.4 Å². The maximum absolute atomic E-state index is 6.25. The van der Waals surface area contributed by atoms with Gasteiger partial charge in [-0.1, -0.05) is 42.8 Å². The fraction of sp³-hybridized carbons (Fsp3) is 0.353. The Balaban J connectivity index is 2.23. The summed E-state index contributed by atoms with van der Waals surface area (Å²) in [5, 5.41) is 4.23. The average molecular weight is 304 g/mol. The Hall–Kier alpha value is -1.58. The number of hydrogen-bond acceptors (Lipinski definition) is 3. The lowest BCUT2D eigenvalue weighted by molar-refractivity contribution is 0.594. The molecule has 0 radical (unpaired) electrons. The molecule has 0 aliphatic heterocycles. The summed E-state index contributed by atoms with van der Waals surface area (Å²) in [4.78, 5) is 6.69. The van der Waals surface area contributed by atoms with E-state index in [1.54, 1.807) is 0 Å². The summed E-state index contributed by atoms with van der Waals surface area (Å²) < 4.78 is 0. The Morgan fingerprint density at radius 1 is 1.24 bits per heavy atom. The molecule has 0 aliphatic rings. The smallest absolute Gasteiger partial charge is 0.133 e. The van der Waals surface area contributed by atoms with Gasteiger partial charge in [-0.25, -0.2) is 4.98 Å². The molecule has 112 valence electrons. The van der Waals surface area contributed by atoms with Gasteiger partial charge in [-0.05, 0) is 31.2 Å². The van der Waals surface area contributed by atoms with E-state index in [2.05, 4.69) is 41.2 Å². The van der Waals surface area contributed by atoms with Gasteiger partial charge >= 0.3 is 0 Å². The molecule has 0 bridgehead atoms. The second-order valence-electron chi connectivity index (χ2n) is 5.14. The van der Waals surface area contributed by atoms with Crippen LogP contribution in [-0.2, 0) is 6.54 Å². The Kier molecular flexibility index (Phi) is 5.59. The highest BCUT2D eigenvalue weighted by atomic mass is 35.5. The van der Waals surface area contributed by atoms with E-state index >= 15 is 0 Å². The van der Waals surface area contributed by atoms with Gasteiger partial charge in [0, 0.05) is 36.4 Å². The Labute approximate surface area is 132 Å². The van der Waals surface area contributed by atoms with Crippen molar-refractivity contribution in [3.05, 3.63) is 58.7 Å². The van der Waals surface area contributed by atoms with Crippen molar-refractivity contribution < 1.29 is 0 Å². The van der Waals surface area contributed by atoms with E-state index in [1.807, 2.05) is 37.5 Å². The van der Waals surface area contributed by atoms with Crippen molar-refractivity contribution >= 4 is 17.4 Å². The van der Waals surface area contributed by atoms with Crippen LogP contribution in [0.5, 0.6) is 0 Å². The summed E-state index contributed by atoms with van der Waals surface area (Å²) in [6.45, 7) is 5.94. The summed E-state index contributed by atoms with van der Waals surface area (Å²) in [6.07, 6.45) is 1.83. The minimum absolute atomic E-state index is 0.271. The molecular weight excluding hydrogens is 282 g/mol. The van der Waals surface area contributed by atoms with Gasteiger partial charge in [0.1, 0.15) is 5.82 Å². The van der Waals surface area contributed by atoms with Gasteiger partial charge in [0.15, 0.2) is 0 Å². The summed E-state index contributed by atoms with van der Waals surface area (Å²) in [5.74, 6) is 0.992. The number of nitrogens with zero attached hydrogens (tertiary/aromatic N) is 2. The van der Waals surface area contributed by atoms with E-state index in [0.717, 1.165) is 29.5 Å². The predicted molar refractivity (Wildman–Crippen MR) is 89.9 cm³/mol. The van der Waals surface area contributed by atoms with Crippen molar-refractivity contribution in [1.29, 1.82) is 0 Å². The molecule has 0 saturated carbocycles. The van der Waals surface area contributed by atoms with Crippen molar-refractivity contribution in [2.75, 3.05) is 18.5 Å². The minimum Gasteiger partial charge on any atom is -0.355 e. The first-order chi connectivity index (χ1) is 10.1. The third-order valence-electron chi connectivity index (χ3n) is 3.52. The molecule has 1 unspecified atom stereocenters. The molecule has 1 heterocycles. The molecule has 2 rings (SSSR count). The third-order valence-corrected chi connectivity index (χ3v) is 3.89. The van der Waals surface area contributed by atoms with E-state index in [1.165, 1.54) is 5.56 Å². The minimum atomic E-state index is 0.271. The number of rotatable bonds is 6. The standard InChI is InChI=1S/C17H22ClN3/c1-4-19-13(2)15-9-7-11-20-17(15)21(3)12-14-8-5-6-10-16(14)18/h5-11,13,19H,4,12H2,1-3H3. The monoisotopic (exact) mass is 303 g/mol. The highest BCUT2D eigenvalue weighted by molar-refractivity contribution is 6.31. The van der Waals surface area contributed by atoms with Crippen LogP contribution in [-0.4, -0.2) is 18.6 Å². The van der Waals surface area contributed by atoms with Gasteiger partial charge in [-0.15, -0.1) is 0 Å². The van der Waals surface area contributed by atoms with E-state index in [-0.39, 0.29) is 6.04 Å². The molecule has 1 atom stereocenters. The zero-order valence-electron chi connectivity index (χ0n) is 12.8. The van der Waals surface area contributed by atoms with Crippen LogP contribution < -0.4 is 10.2 Å². The number of halogens is 1. The third kappa shape index (κ3) is 3.96. The molecule has 4 heteroatoms. The average Bonchev–Trinajstić information content (AvgIpc) is 2.50. The Morgan fingerprint density at radius 2 is 2.00 bits per heavy atom. The second kappa shape index (κ2) is 7.43. The highest BCUT2D eigenvalue weighted by Gasteiger charge is 2.14. The van der Waals surface area contributed by atoms with Crippen LogP contribution in [0.3, 0.4) is 0 Å². The normalized spacial score (nSPS) is 12.2. The molecule has 3 nitrogen and oxygen atoms in total. The molecular formula is C17H22ClN3. The molecule has 0 spiro atoms. The lowest BCUT2D eigenvalue weighted by Crippen LogP contribution is -2.24. The number of benzene rings is 1. The SMILES string of the molecule is CCNC(C)c1cccnc1N(C)Cc1ccccc1Cl. The number of hydrogen-bond donors (Lipinski definition) is 1. The summed E-state index contributed by atoms with van der Waals surface area (Å²) >= 11 is 6.25. The number of pyridine rings is 1. The van der Waals surface area contributed by atoms with Crippen LogP contribution in [0.2, 0.25) is 5.02 Å². The zero-order chi connectivity index (χ0) is 15.2. The Bertz CT molecular complexity index is 586. The highest BCUT2D eigenvalue weighted by Crippen LogP contribution is 2.25. The molecule has 1 aromatic carbocycles. The zero-order valence-corrected chi connectivity index (χ0v) is 13.6. The lowest BCUT2D eigenvalue weighted by Gasteiger charge is -2.24.